The van der Waals surface area contributed by atoms with Crippen LogP contribution in [0, 0.1) is 6.92 Å². The van der Waals surface area contributed by atoms with Crippen LogP contribution in [0.4, 0.5) is 0 Å². The molecule has 1 aliphatic rings. The number of hydrogen-bond donors (Lipinski definition) is 0. The first kappa shape index (κ1) is 7.59. The first-order chi connectivity index (χ1) is 5.59. The Balaban J connectivity index is 2.55. The van der Waals surface area contributed by atoms with E-state index in [-0.39, 0.29) is 5.41 Å². The monoisotopic (exact) mass is 163 g/mol. The fourth-order valence-corrected chi connectivity index (χ4v) is 1.49. The normalized spacial score (nSPS) is 18.6. The number of aryl methyl sites for hydroxylation is 1. The van der Waals surface area contributed by atoms with Crippen molar-refractivity contribution in [1.29, 1.82) is 0 Å². The molecule has 0 atom stereocenters. The van der Waals surface area contributed by atoms with Crippen LogP contribution in [0.25, 0.3) is 0 Å². The summed E-state index contributed by atoms with van der Waals surface area (Å²) in [6.45, 7) is 7.09. The molecule has 2 heterocycles. The van der Waals surface area contributed by atoms with Crippen molar-refractivity contribution in [1.82, 2.24) is 4.98 Å². The molecule has 0 amide bonds. The van der Waals surface area contributed by atoms with E-state index in [0.717, 1.165) is 23.6 Å². The van der Waals surface area contributed by atoms with Crippen molar-refractivity contribution >= 4 is 0 Å². The molecular weight excluding hydrogens is 150 g/mol. The molecular formula is C10H13NO. The highest BCUT2D eigenvalue weighted by molar-refractivity contribution is 5.39. The molecule has 12 heavy (non-hydrogen) atoms. The predicted molar refractivity (Wildman–Crippen MR) is 47.5 cm³/mol. The molecule has 0 N–H and O–H groups in total. The molecule has 2 heteroatoms. The van der Waals surface area contributed by atoms with Crippen molar-refractivity contribution in [2.24, 2.45) is 0 Å². The lowest BCUT2D eigenvalue weighted by molar-refractivity contribution is 0.290. The van der Waals surface area contributed by atoms with E-state index in [0.29, 0.717) is 0 Å². The lowest BCUT2D eigenvalue weighted by atomic mass is 9.91. The van der Waals surface area contributed by atoms with Crippen molar-refractivity contribution < 1.29 is 4.74 Å². The van der Waals surface area contributed by atoms with Gasteiger partial charge in [0.15, 0.2) is 0 Å². The van der Waals surface area contributed by atoms with E-state index in [4.69, 9.17) is 4.74 Å². The Hall–Kier alpha value is -1.05. The molecule has 0 spiro atoms. The summed E-state index contributed by atoms with van der Waals surface area (Å²) < 4.78 is 5.53. The molecule has 0 radical (unpaired) electrons. The number of fused-ring (bicyclic) bond motifs is 1. The van der Waals surface area contributed by atoms with E-state index in [2.05, 4.69) is 24.9 Å². The number of hydrogen-bond acceptors (Lipinski definition) is 2. The van der Waals surface area contributed by atoms with Crippen LogP contribution in [-0.4, -0.2) is 11.6 Å². The molecule has 1 aliphatic heterocycles. The number of rotatable bonds is 0. The molecule has 0 unspecified atom stereocenters. The number of pyridine rings is 1. The summed E-state index contributed by atoms with van der Waals surface area (Å²) in [5.74, 6) is 0.958. The van der Waals surface area contributed by atoms with Gasteiger partial charge in [0.2, 0.25) is 0 Å². The molecule has 64 valence electrons. The van der Waals surface area contributed by atoms with Gasteiger partial charge < -0.3 is 4.74 Å². The van der Waals surface area contributed by atoms with Crippen molar-refractivity contribution in [3.63, 3.8) is 0 Å². The van der Waals surface area contributed by atoms with Gasteiger partial charge in [-0.25, -0.2) is 0 Å². The Morgan fingerprint density at radius 2 is 2.25 bits per heavy atom. The smallest absolute Gasteiger partial charge is 0.141 e. The minimum atomic E-state index is 0.0863. The second kappa shape index (κ2) is 2.22. The molecule has 0 aromatic carbocycles. The largest absolute Gasteiger partial charge is 0.491 e. The van der Waals surface area contributed by atoms with Crippen LogP contribution in [0.2, 0.25) is 0 Å². The van der Waals surface area contributed by atoms with Gasteiger partial charge >= 0.3 is 0 Å². The molecule has 0 saturated carbocycles. The molecule has 0 aliphatic carbocycles. The van der Waals surface area contributed by atoms with E-state index in [1.165, 1.54) is 0 Å². The van der Waals surface area contributed by atoms with Crippen LogP contribution < -0.4 is 4.74 Å². The molecule has 1 aromatic rings. The third-order valence-electron chi connectivity index (χ3n) is 2.22. The van der Waals surface area contributed by atoms with Crippen LogP contribution in [0.15, 0.2) is 12.3 Å². The Labute approximate surface area is 72.6 Å². The average molecular weight is 163 g/mol. The Bertz CT molecular complexity index is 318. The van der Waals surface area contributed by atoms with Gasteiger partial charge in [0.25, 0.3) is 0 Å². The fourth-order valence-electron chi connectivity index (χ4n) is 1.49. The molecule has 2 rings (SSSR count). The Morgan fingerprint density at radius 1 is 1.50 bits per heavy atom. The second-order valence-electron chi connectivity index (χ2n) is 4.03. The van der Waals surface area contributed by atoms with E-state index < -0.39 is 0 Å². The maximum atomic E-state index is 5.53. The molecule has 2 nitrogen and oxygen atoms in total. The summed E-state index contributed by atoms with van der Waals surface area (Å²) in [4.78, 5) is 4.39. The van der Waals surface area contributed by atoms with Crippen molar-refractivity contribution in [2.45, 2.75) is 26.2 Å². The van der Waals surface area contributed by atoms with Gasteiger partial charge in [0.05, 0.1) is 12.3 Å². The molecule has 0 fully saturated rings. The summed E-state index contributed by atoms with van der Waals surface area (Å²) in [6, 6.07) is 2.05. The van der Waals surface area contributed by atoms with Gasteiger partial charge in [-0.15, -0.1) is 0 Å². The molecule has 1 aromatic heterocycles. The maximum absolute atomic E-state index is 5.53. The summed E-state index contributed by atoms with van der Waals surface area (Å²) in [5, 5.41) is 0. The first-order valence-corrected chi connectivity index (χ1v) is 4.19. The van der Waals surface area contributed by atoms with Crippen LogP contribution in [0.5, 0.6) is 5.75 Å². The van der Waals surface area contributed by atoms with Crippen LogP contribution >= 0.6 is 0 Å². The van der Waals surface area contributed by atoms with E-state index in [1.807, 2.05) is 13.1 Å². The summed E-state index contributed by atoms with van der Waals surface area (Å²) >= 11 is 0. The Kier molecular flexibility index (Phi) is 1.40. The van der Waals surface area contributed by atoms with Crippen LogP contribution in [0.3, 0.4) is 0 Å². The van der Waals surface area contributed by atoms with Gasteiger partial charge in [-0.05, 0) is 18.6 Å². The van der Waals surface area contributed by atoms with Gasteiger partial charge in [-0.3, -0.25) is 4.98 Å². The van der Waals surface area contributed by atoms with Crippen molar-refractivity contribution in [3.05, 3.63) is 23.5 Å². The SMILES string of the molecule is Cc1cnc2c(c1)OCC2(C)C. The Morgan fingerprint density at radius 3 is 3.00 bits per heavy atom. The highest BCUT2D eigenvalue weighted by Crippen LogP contribution is 2.36. The van der Waals surface area contributed by atoms with E-state index >= 15 is 0 Å². The number of aromatic nitrogens is 1. The lowest BCUT2D eigenvalue weighted by Gasteiger charge is -2.13. The maximum Gasteiger partial charge on any atom is 0.141 e. The highest BCUT2D eigenvalue weighted by atomic mass is 16.5. The van der Waals surface area contributed by atoms with E-state index in [1.54, 1.807) is 0 Å². The minimum absolute atomic E-state index is 0.0863. The summed E-state index contributed by atoms with van der Waals surface area (Å²) in [7, 11) is 0. The van der Waals surface area contributed by atoms with Gasteiger partial charge in [-0.1, -0.05) is 13.8 Å². The second-order valence-corrected chi connectivity index (χ2v) is 4.03. The third-order valence-corrected chi connectivity index (χ3v) is 2.22. The number of ether oxygens (including phenoxy) is 1. The fraction of sp³-hybridized carbons (Fsp3) is 0.500. The summed E-state index contributed by atoms with van der Waals surface area (Å²) in [5.41, 5.74) is 2.34. The molecule has 0 bridgehead atoms. The predicted octanol–water partition coefficient (Wildman–Crippen LogP) is 2.06. The molecule has 0 saturated heterocycles. The zero-order valence-corrected chi connectivity index (χ0v) is 7.72. The first-order valence-electron chi connectivity index (χ1n) is 4.19. The van der Waals surface area contributed by atoms with Crippen molar-refractivity contribution in [3.8, 4) is 5.75 Å². The lowest BCUT2D eigenvalue weighted by Crippen LogP contribution is -2.19. The van der Waals surface area contributed by atoms with Gasteiger partial charge in [0.1, 0.15) is 5.75 Å². The number of nitrogens with zero attached hydrogens (tertiary/aromatic N) is 1. The van der Waals surface area contributed by atoms with Crippen LogP contribution in [-0.2, 0) is 5.41 Å². The van der Waals surface area contributed by atoms with Crippen molar-refractivity contribution in [2.75, 3.05) is 6.61 Å². The van der Waals surface area contributed by atoms with Gasteiger partial charge in [-0.2, -0.15) is 0 Å². The quantitative estimate of drug-likeness (QED) is 0.584. The highest BCUT2D eigenvalue weighted by Gasteiger charge is 2.33. The average Bonchev–Trinajstić information content (AvgIpc) is 2.27. The third kappa shape index (κ3) is 0.986. The topological polar surface area (TPSA) is 22.1 Å². The standard InChI is InChI=1S/C10H13NO/c1-7-4-8-9(11-5-7)10(2,3)6-12-8/h4-5H,6H2,1-3H3. The zero-order chi connectivity index (χ0) is 8.77. The van der Waals surface area contributed by atoms with Gasteiger partial charge in [0, 0.05) is 11.6 Å². The van der Waals surface area contributed by atoms with E-state index in [9.17, 15) is 0 Å². The zero-order valence-electron chi connectivity index (χ0n) is 7.72. The van der Waals surface area contributed by atoms with Crippen LogP contribution in [0.1, 0.15) is 25.1 Å². The summed E-state index contributed by atoms with van der Waals surface area (Å²) in [6.07, 6.45) is 1.90. The minimum Gasteiger partial charge on any atom is -0.491 e.